The Hall–Kier alpha value is -1.99. The van der Waals surface area contributed by atoms with Crippen LogP contribution in [0, 0.1) is 0 Å². The molecular weight excluding hydrogens is 326 g/mol. The van der Waals surface area contributed by atoms with E-state index in [0.29, 0.717) is 23.1 Å². The molecule has 24 heavy (non-hydrogen) atoms. The molecule has 7 heteroatoms. The Morgan fingerprint density at radius 1 is 1.38 bits per heavy atom. The fourth-order valence-corrected chi connectivity index (χ4v) is 3.26. The van der Waals surface area contributed by atoms with Gasteiger partial charge in [0.2, 0.25) is 5.72 Å². The highest BCUT2D eigenvalue weighted by atomic mass is 32.1. The van der Waals surface area contributed by atoms with Crippen molar-refractivity contribution in [1.82, 2.24) is 9.80 Å². The molecule has 0 spiro atoms. The van der Waals surface area contributed by atoms with Crippen LogP contribution < -0.4 is 0 Å². The van der Waals surface area contributed by atoms with Gasteiger partial charge < -0.3 is 19.6 Å². The Bertz CT molecular complexity index is 648. The van der Waals surface area contributed by atoms with Gasteiger partial charge in [-0.2, -0.15) is 0 Å². The first-order chi connectivity index (χ1) is 11.3. The van der Waals surface area contributed by atoms with E-state index in [1.54, 1.807) is 23.8 Å². The average molecular weight is 349 g/mol. The number of hydrogen-bond acceptors (Lipinski definition) is 5. The molecule has 0 bridgehead atoms. The number of carbonyl (C=O) groups is 1. The number of thiocarbonyl (C=S) groups is 1. The number of aliphatic imine (C=N–C) groups is 1. The zero-order valence-corrected chi connectivity index (χ0v) is 15.2. The zero-order valence-electron chi connectivity index (χ0n) is 14.4. The number of hydrogen-bond donors (Lipinski definition) is 1. The summed E-state index contributed by atoms with van der Waals surface area (Å²) in [4.78, 5) is 19.4. The van der Waals surface area contributed by atoms with Crippen LogP contribution in [0.2, 0.25) is 0 Å². The van der Waals surface area contributed by atoms with Crippen LogP contribution in [0.25, 0.3) is 0 Å². The quantitative estimate of drug-likeness (QED) is 0.645. The highest BCUT2D eigenvalue weighted by Gasteiger charge is 2.53. The van der Waals surface area contributed by atoms with Crippen molar-refractivity contribution >= 4 is 29.1 Å². The van der Waals surface area contributed by atoms with Gasteiger partial charge in [0.05, 0.1) is 6.61 Å². The van der Waals surface area contributed by atoms with Crippen molar-refractivity contribution in [3.63, 3.8) is 0 Å². The van der Waals surface area contributed by atoms with Gasteiger partial charge in [0, 0.05) is 18.7 Å². The van der Waals surface area contributed by atoms with Crippen molar-refractivity contribution < 1.29 is 14.6 Å². The van der Waals surface area contributed by atoms with Gasteiger partial charge in [0.1, 0.15) is 6.54 Å². The molecule has 1 aliphatic rings. The summed E-state index contributed by atoms with van der Waals surface area (Å²) in [6, 6.07) is 9.14. The minimum Gasteiger partial charge on any atom is -0.465 e. The first-order valence-corrected chi connectivity index (χ1v) is 8.30. The van der Waals surface area contributed by atoms with E-state index in [2.05, 4.69) is 4.99 Å². The van der Waals surface area contributed by atoms with Crippen molar-refractivity contribution in [3.05, 3.63) is 35.9 Å². The summed E-state index contributed by atoms with van der Waals surface area (Å²) in [7, 11) is 1.74. The number of rotatable bonds is 5. The van der Waals surface area contributed by atoms with Gasteiger partial charge in [-0.1, -0.05) is 30.3 Å². The third-order valence-corrected chi connectivity index (χ3v) is 4.30. The maximum absolute atomic E-state index is 11.7. The Morgan fingerprint density at radius 3 is 2.54 bits per heavy atom. The van der Waals surface area contributed by atoms with Crippen molar-refractivity contribution in [2.45, 2.75) is 32.5 Å². The van der Waals surface area contributed by atoms with Gasteiger partial charge in [-0.3, -0.25) is 9.79 Å². The number of likely N-dealkylation sites (N-methyl/N-ethyl adjacent to an activating group) is 1. The number of aliphatic hydroxyl groups is 1. The predicted octanol–water partition coefficient (Wildman–Crippen LogP) is 1.73. The fraction of sp³-hybridized carbons (Fsp3) is 0.471. The second-order valence-electron chi connectivity index (χ2n) is 5.79. The minimum absolute atomic E-state index is 0.0551. The molecule has 0 aromatic heterocycles. The summed E-state index contributed by atoms with van der Waals surface area (Å²) in [6.07, 6.45) is 0. The smallest absolute Gasteiger partial charge is 0.327 e. The molecule has 1 N–H and O–H groups in total. The lowest BCUT2D eigenvalue weighted by molar-refractivity contribution is -0.141. The molecule has 6 nitrogen and oxygen atoms in total. The van der Waals surface area contributed by atoms with Crippen LogP contribution in [0.3, 0.4) is 0 Å². The SMILES string of the molecule is CCOC(=O)CN=C1N(C)C(=S)N(C(C)C)C1(O)c1ccccc1. The van der Waals surface area contributed by atoms with E-state index >= 15 is 0 Å². The van der Waals surface area contributed by atoms with E-state index in [9.17, 15) is 9.90 Å². The van der Waals surface area contributed by atoms with Gasteiger partial charge in [-0.05, 0) is 33.0 Å². The maximum Gasteiger partial charge on any atom is 0.327 e. The Labute approximate surface area is 147 Å². The summed E-state index contributed by atoms with van der Waals surface area (Å²) in [5.74, 6) is -0.122. The molecule has 1 atom stereocenters. The number of esters is 1. The summed E-state index contributed by atoms with van der Waals surface area (Å²) in [5.41, 5.74) is -0.874. The third-order valence-electron chi connectivity index (χ3n) is 3.83. The Kier molecular flexibility index (Phi) is 5.56. The number of carbonyl (C=O) groups excluding carboxylic acids is 1. The maximum atomic E-state index is 11.7. The van der Waals surface area contributed by atoms with Gasteiger partial charge >= 0.3 is 5.97 Å². The van der Waals surface area contributed by atoms with Gasteiger partial charge in [0.15, 0.2) is 10.9 Å². The lowest BCUT2D eigenvalue weighted by Crippen LogP contribution is -2.50. The van der Waals surface area contributed by atoms with Crippen LogP contribution in [0.4, 0.5) is 0 Å². The summed E-state index contributed by atoms with van der Waals surface area (Å²) in [6.45, 7) is 5.75. The van der Waals surface area contributed by atoms with Gasteiger partial charge in [-0.25, -0.2) is 0 Å². The van der Waals surface area contributed by atoms with Crippen LogP contribution in [0.15, 0.2) is 35.3 Å². The predicted molar refractivity (Wildman–Crippen MR) is 96.6 cm³/mol. The molecule has 0 aliphatic carbocycles. The van der Waals surface area contributed by atoms with Crippen LogP contribution in [-0.2, 0) is 15.3 Å². The number of nitrogens with zero attached hydrogens (tertiary/aromatic N) is 3. The van der Waals surface area contributed by atoms with Crippen molar-refractivity contribution in [3.8, 4) is 0 Å². The molecule has 2 rings (SSSR count). The van der Waals surface area contributed by atoms with E-state index < -0.39 is 11.7 Å². The average Bonchev–Trinajstić information content (AvgIpc) is 2.74. The van der Waals surface area contributed by atoms with Crippen LogP contribution >= 0.6 is 12.2 Å². The van der Waals surface area contributed by atoms with Gasteiger partial charge in [0.25, 0.3) is 0 Å². The molecule has 1 heterocycles. The number of ether oxygens (including phenoxy) is 1. The van der Waals surface area contributed by atoms with Crippen molar-refractivity contribution in [2.75, 3.05) is 20.2 Å². The van der Waals surface area contributed by atoms with E-state index in [-0.39, 0.29) is 12.6 Å². The van der Waals surface area contributed by atoms with E-state index in [1.807, 2.05) is 44.2 Å². The molecule has 1 aliphatic heterocycles. The van der Waals surface area contributed by atoms with Crippen LogP contribution in [-0.4, -0.2) is 58.1 Å². The third kappa shape index (κ3) is 3.14. The number of benzene rings is 1. The fourth-order valence-electron chi connectivity index (χ4n) is 2.83. The Morgan fingerprint density at radius 2 is 2.00 bits per heavy atom. The lowest BCUT2D eigenvalue weighted by atomic mass is 9.99. The first kappa shape index (κ1) is 18.4. The van der Waals surface area contributed by atoms with Crippen molar-refractivity contribution in [2.24, 2.45) is 4.99 Å². The molecule has 0 amide bonds. The second-order valence-corrected chi connectivity index (χ2v) is 6.15. The molecule has 0 radical (unpaired) electrons. The van der Waals surface area contributed by atoms with E-state index in [1.165, 1.54) is 0 Å². The van der Waals surface area contributed by atoms with Crippen molar-refractivity contribution in [1.29, 1.82) is 0 Å². The second kappa shape index (κ2) is 7.27. The molecule has 0 saturated carbocycles. The normalized spacial score (nSPS) is 22.6. The molecule has 1 aromatic carbocycles. The van der Waals surface area contributed by atoms with E-state index in [0.717, 1.165) is 0 Å². The summed E-state index contributed by atoms with van der Waals surface area (Å²) < 4.78 is 4.92. The summed E-state index contributed by atoms with van der Waals surface area (Å²) >= 11 is 5.49. The Balaban J connectivity index is 2.51. The molecular formula is C17H23N3O3S. The molecule has 1 unspecified atom stereocenters. The number of amidine groups is 1. The standard InChI is InChI=1S/C17H23N3O3S/c1-5-23-14(21)11-18-15-17(22,13-9-7-6-8-10-13)20(12(2)3)16(24)19(15)4/h6-10,12,22H,5,11H2,1-4H3. The molecule has 1 aromatic rings. The zero-order chi connectivity index (χ0) is 17.9. The largest absolute Gasteiger partial charge is 0.465 e. The van der Waals surface area contributed by atoms with Crippen LogP contribution in [0.5, 0.6) is 0 Å². The molecule has 130 valence electrons. The molecule has 1 saturated heterocycles. The molecule has 1 fully saturated rings. The van der Waals surface area contributed by atoms with E-state index in [4.69, 9.17) is 17.0 Å². The monoisotopic (exact) mass is 349 g/mol. The minimum atomic E-state index is -1.52. The van der Waals surface area contributed by atoms with Crippen LogP contribution in [0.1, 0.15) is 26.3 Å². The highest BCUT2D eigenvalue weighted by molar-refractivity contribution is 7.80. The first-order valence-electron chi connectivity index (χ1n) is 7.89. The summed E-state index contributed by atoms with van der Waals surface area (Å²) in [5, 5.41) is 12.0. The highest BCUT2D eigenvalue weighted by Crippen LogP contribution is 2.37. The van der Waals surface area contributed by atoms with Gasteiger partial charge in [-0.15, -0.1) is 0 Å². The topological polar surface area (TPSA) is 65.4 Å². The lowest BCUT2D eigenvalue weighted by Gasteiger charge is -2.36.